The molecule has 1 heterocycles. The highest BCUT2D eigenvalue weighted by Gasteiger charge is 2.04. The van der Waals surface area contributed by atoms with Crippen LogP contribution in [-0.4, -0.2) is 4.98 Å². The molecule has 0 aliphatic rings. The first-order valence-electron chi connectivity index (χ1n) is 6.03. The summed E-state index contributed by atoms with van der Waals surface area (Å²) in [7, 11) is 0. The van der Waals surface area contributed by atoms with E-state index in [1.807, 2.05) is 45.0 Å². The Hall–Kier alpha value is -1.87. The summed E-state index contributed by atoms with van der Waals surface area (Å²) in [5, 5.41) is 0. The van der Waals surface area contributed by atoms with Crippen LogP contribution in [0.25, 0.3) is 0 Å². The first kappa shape index (κ1) is 12.6. The molecule has 94 valence electrons. The summed E-state index contributed by atoms with van der Waals surface area (Å²) in [4.78, 5) is 4.26. The van der Waals surface area contributed by atoms with E-state index in [-0.39, 0.29) is 6.04 Å². The van der Waals surface area contributed by atoms with E-state index in [1.54, 1.807) is 6.20 Å². The van der Waals surface area contributed by atoms with E-state index in [0.717, 1.165) is 16.9 Å². The lowest BCUT2D eigenvalue weighted by Crippen LogP contribution is -2.05. The van der Waals surface area contributed by atoms with E-state index in [2.05, 4.69) is 11.1 Å². The number of aryl methyl sites for hydroxylation is 2. The number of rotatable bonds is 3. The first-order valence-corrected chi connectivity index (χ1v) is 6.03. The number of pyridine rings is 1. The smallest absolute Gasteiger partial charge is 0.219 e. The lowest BCUT2D eigenvalue weighted by Gasteiger charge is -2.10. The molecule has 1 aromatic carbocycles. The van der Waals surface area contributed by atoms with Crippen molar-refractivity contribution in [2.45, 2.75) is 26.8 Å². The Bertz CT molecular complexity index is 533. The van der Waals surface area contributed by atoms with Gasteiger partial charge in [-0.3, -0.25) is 0 Å². The standard InChI is InChI=1S/C15H18N2O/c1-10-4-5-11(2)14(8-10)18-15-7-6-13(9-17-15)12(3)16/h4-9,12H,16H2,1-3H3/t12-/m0/s1. The molecule has 2 rings (SSSR count). The van der Waals surface area contributed by atoms with Gasteiger partial charge in [-0.15, -0.1) is 0 Å². The van der Waals surface area contributed by atoms with Gasteiger partial charge in [0.25, 0.3) is 0 Å². The Morgan fingerprint density at radius 2 is 1.94 bits per heavy atom. The predicted octanol–water partition coefficient (Wildman–Crippen LogP) is 3.51. The van der Waals surface area contributed by atoms with Gasteiger partial charge in [-0.2, -0.15) is 0 Å². The summed E-state index contributed by atoms with van der Waals surface area (Å²) < 4.78 is 5.77. The minimum Gasteiger partial charge on any atom is -0.439 e. The second-order valence-corrected chi connectivity index (χ2v) is 4.59. The Morgan fingerprint density at radius 1 is 1.17 bits per heavy atom. The van der Waals surface area contributed by atoms with Gasteiger partial charge in [-0.05, 0) is 43.5 Å². The fourth-order valence-corrected chi connectivity index (χ4v) is 1.65. The van der Waals surface area contributed by atoms with Crippen LogP contribution in [0.4, 0.5) is 0 Å². The third kappa shape index (κ3) is 2.87. The number of benzene rings is 1. The third-order valence-electron chi connectivity index (χ3n) is 2.84. The van der Waals surface area contributed by atoms with Gasteiger partial charge in [0, 0.05) is 18.3 Å². The second kappa shape index (κ2) is 5.19. The van der Waals surface area contributed by atoms with E-state index in [9.17, 15) is 0 Å². The van der Waals surface area contributed by atoms with Crippen molar-refractivity contribution < 1.29 is 4.74 Å². The lowest BCUT2D eigenvalue weighted by molar-refractivity contribution is 0.458. The zero-order valence-corrected chi connectivity index (χ0v) is 11.0. The van der Waals surface area contributed by atoms with Crippen molar-refractivity contribution in [1.82, 2.24) is 4.98 Å². The van der Waals surface area contributed by atoms with E-state index >= 15 is 0 Å². The van der Waals surface area contributed by atoms with Crippen molar-refractivity contribution in [1.29, 1.82) is 0 Å². The fourth-order valence-electron chi connectivity index (χ4n) is 1.65. The quantitative estimate of drug-likeness (QED) is 0.896. The molecule has 0 saturated heterocycles. The van der Waals surface area contributed by atoms with Crippen LogP contribution in [0.5, 0.6) is 11.6 Å². The number of aromatic nitrogens is 1. The van der Waals surface area contributed by atoms with Gasteiger partial charge in [0.05, 0.1) is 0 Å². The van der Waals surface area contributed by atoms with Crippen LogP contribution < -0.4 is 10.5 Å². The highest BCUT2D eigenvalue weighted by molar-refractivity contribution is 5.38. The van der Waals surface area contributed by atoms with Crippen molar-refractivity contribution in [3.8, 4) is 11.6 Å². The van der Waals surface area contributed by atoms with Gasteiger partial charge in [0.15, 0.2) is 0 Å². The summed E-state index contributed by atoms with van der Waals surface area (Å²) in [5.74, 6) is 1.43. The number of hydrogen-bond acceptors (Lipinski definition) is 3. The van der Waals surface area contributed by atoms with Gasteiger partial charge in [-0.1, -0.05) is 18.2 Å². The molecule has 3 nitrogen and oxygen atoms in total. The number of nitrogens with zero attached hydrogens (tertiary/aromatic N) is 1. The molecule has 0 spiro atoms. The SMILES string of the molecule is Cc1ccc(C)c(Oc2ccc([C@H](C)N)cn2)c1. The summed E-state index contributed by atoms with van der Waals surface area (Å²) in [6.45, 7) is 5.99. The molecule has 3 heteroatoms. The van der Waals surface area contributed by atoms with E-state index < -0.39 is 0 Å². The molecule has 18 heavy (non-hydrogen) atoms. The van der Waals surface area contributed by atoms with Crippen LogP contribution in [0, 0.1) is 13.8 Å². The van der Waals surface area contributed by atoms with E-state index in [4.69, 9.17) is 10.5 Å². The summed E-state index contributed by atoms with van der Waals surface area (Å²) in [6.07, 6.45) is 1.76. The molecule has 0 aliphatic heterocycles. The third-order valence-corrected chi connectivity index (χ3v) is 2.84. The van der Waals surface area contributed by atoms with Crippen LogP contribution >= 0.6 is 0 Å². The minimum absolute atomic E-state index is 0.00717. The lowest BCUT2D eigenvalue weighted by atomic mass is 10.1. The Labute approximate surface area is 108 Å². The monoisotopic (exact) mass is 242 g/mol. The van der Waals surface area contributed by atoms with Gasteiger partial charge in [-0.25, -0.2) is 4.98 Å². The van der Waals surface area contributed by atoms with Crippen LogP contribution in [0.3, 0.4) is 0 Å². The van der Waals surface area contributed by atoms with Gasteiger partial charge in [0.1, 0.15) is 5.75 Å². The molecule has 0 amide bonds. The average Bonchev–Trinajstić information content (AvgIpc) is 2.34. The van der Waals surface area contributed by atoms with Crippen LogP contribution in [-0.2, 0) is 0 Å². The van der Waals surface area contributed by atoms with Gasteiger partial charge < -0.3 is 10.5 Å². The van der Waals surface area contributed by atoms with Crippen molar-refractivity contribution in [3.63, 3.8) is 0 Å². The average molecular weight is 242 g/mol. The van der Waals surface area contributed by atoms with Gasteiger partial charge in [0.2, 0.25) is 5.88 Å². The predicted molar refractivity (Wildman–Crippen MR) is 72.8 cm³/mol. The van der Waals surface area contributed by atoms with Crippen molar-refractivity contribution in [2.24, 2.45) is 5.73 Å². The zero-order valence-electron chi connectivity index (χ0n) is 11.0. The molecule has 0 unspecified atom stereocenters. The molecule has 0 bridgehead atoms. The highest BCUT2D eigenvalue weighted by atomic mass is 16.5. The second-order valence-electron chi connectivity index (χ2n) is 4.59. The normalized spacial score (nSPS) is 12.2. The molecule has 0 radical (unpaired) electrons. The van der Waals surface area contributed by atoms with Crippen LogP contribution in [0.1, 0.15) is 29.7 Å². The summed E-state index contributed by atoms with van der Waals surface area (Å²) in [5.41, 5.74) is 9.05. The fraction of sp³-hybridized carbons (Fsp3) is 0.267. The molecule has 1 aromatic heterocycles. The summed E-state index contributed by atoms with van der Waals surface area (Å²) >= 11 is 0. The molecule has 0 fully saturated rings. The first-order chi connectivity index (χ1) is 8.56. The van der Waals surface area contributed by atoms with Crippen molar-refractivity contribution >= 4 is 0 Å². The Kier molecular flexibility index (Phi) is 3.63. The minimum atomic E-state index is -0.00717. The largest absolute Gasteiger partial charge is 0.439 e. The molecule has 0 saturated carbocycles. The maximum absolute atomic E-state index is 5.78. The highest BCUT2D eigenvalue weighted by Crippen LogP contribution is 2.25. The maximum Gasteiger partial charge on any atom is 0.219 e. The molecule has 0 aliphatic carbocycles. The number of nitrogens with two attached hydrogens (primary N) is 1. The number of hydrogen-bond donors (Lipinski definition) is 1. The van der Waals surface area contributed by atoms with Crippen LogP contribution in [0.15, 0.2) is 36.5 Å². The number of ether oxygens (including phenoxy) is 1. The zero-order chi connectivity index (χ0) is 13.1. The van der Waals surface area contributed by atoms with Crippen LogP contribution in [0.2, 0.25) is 0 Å². The van der Waals surface area contributed by atoms with E-state index in [0.29, 0.717) is 5.88 Å². The summed E-state index contributed by atoms with van der Waals surface area (Å²) in [6, 6.07) is 9.90. The van der Waals surface area contributed by atoms with Gasteiger partial charge >= 0.3 is 0 Å². The van der Waals surface area contributed by atoms with Crippen molar-refractivity contribution in [3.05, 3.63) is 53.2 Å². The van der Waals surface area contributed by atoms with Crippen molar-refractivity contribution in [2.75, 3.05) is 0 Å². The Balaban J connectivity index is 2.21. The molecule has 1 atom stereocenters. The molecular formula is C15H18N2O. The molecule has 2 aromatic rings. The molecular weight excluding hydrogens is 224 g/mol. The maximum atomic E-state index is 5.78. The topological polar surface area (TPSA) is 48.1 Å². The Morgan fingerprint density at radius 3 is 2.56 bits per heavy atom. The molecule has 2 N–H and O–H groups in total. The van der Waals surface area contributed by atoms with E-state index in [1.165, 1.54) is 5.56 Å².